The number of aromatic nitrogens is 1. The van der Waals surface area contributed by atoms with Crippen molar-refractivity contribution in [1.29, 1.82) is 0 Å². The summed E-state index contributed by atoms with van der Waals surface area (Å²) in [6.45, 7) is 6.57. The van der Waals surface area contributed by atoms with E-state index in [4.69, 9.17) is 4.74 Å². The number of likely N-dealkylation sites (tertiary alicyclic amines) is 1. The average molecular weight is 352 g/mol. The molecule has 124 valence electrons. The Hall–Kier alpha value is -1.47. The Balaban J connectivity index is 1.68. The standard InChI is InChI=1S/C16H20N2O3S2/c1-16(2,3)21-15(19)18-9-8-11(10-18)23(20)14-17-12-6-4-5-7-13(12)22-14/h4-7,11H,8-10H2,1-3H3/t11-,23+/m1/s1. The van der Waals surface area contributed by atoms with E-state index in [1.165, 1.54) is 11.3 Å². The summed E-state index contributed by atoms with van der Waals surface area (Å²) >= 11 is 1.47. The normalized spacial score (nSPS) is 20.0. The topological polar surface area (TPSA) is 59.5 Å². The summed E-state index contributed by atoms with van der Waals surface area (Å²) in [5, 5.41) is -0.0805. The van der Waals surface area contributed by atoms with Gasteiger partial charge in [-0.1, -0.05) is 12.1 Å². The van der Waals surface area contributed by atoms with E-state index >= 15 is 0 Å². The predicted octanol–water partition coefficient (Wildman–Crippen LogP) is 3.41. The summed E-state index contributed by atoms with van der Waals surface area (Å²) in [6.07, 6.45) is 0.378. The van der Waals surface area contributed by atoms with Crippen LogP contribution < -0.4 is 0 Å². The third-order valence-electron chi connectivity index (χ3n) is 3.55. The van der Waals surface area contributed by atoms with Crippen molar-refractivity contribution in [2.75, 3.05) is 13.1 Å². The lowest BCUT2D eigenvalue weighted by molar-refractivity contribution is 0.0295. The fraction of sp³-hybridized carbons (Fsp3) is 0.500. The van der Waals surface area contributed by atoms with Gasteiger partial charge in [-0.05, 0) is 39.3 Å². The molecule has 3 rings (SSSR count). The lowest BCUT2D eigenvalue weighted by Crippen LogP contribution is -2.36. The minimum absolute atomic E-state index is 0.0805. The molecule has 23 heavy (non-hydrogen) atoms. The Morgan fingerprint density at radius 3 is 2.83 bits per heavy atom. The molecule has 5 nitrogen and oxygen atoms in total. The predicted molar refractivity (Wildman–Crippen MR) is 92.2 cm³/mol. The average Bonchev–Trinajstić information content (AvgIpc) is 3.11. The molecule has 7 heteroatoms. The largest absolute Gasteiger partial charge is 0.444 e. The molecule has 0 saturated carbocycles. The van der Waals surface area contributed by atoms with E-state index in [9.17, 15) is 9.00 Å². The molecule has 1 aromatic heterocycles. The van der Waals surface area contributed by atoms with Crippen LogP contribution in [0.4, 0.5) is 4.79 Å². The highest BCUT2D eigenvalue weighted by atomic mass is 32.2. The summed E-state index contributed by atoms with van der Waals surface area (Å²) in [5.74, 6) is 0. The smallest absolute Gasteiger partial charge is 0.410 e. The molecule has 0 unspecified atom stereocenters. The number of hydrogen-bond acceptors (Lipinski definition) is 5. The maximum absolute atomic E-state index is 12.8. The number of hydrogen-bond donors (Lipinski definition) is 0. The van der Waals surface area contributed by atoms with Crippen molar-refractivity contribution in [3.05, 3.63) is 24.3 Å². The molecular formula is C16H20N2O3S2. The van der Waals surface area contributed by atoms with Crippen LogP contribution in [-0.2, 0) is 15.5 Å². The van der Waals surface area contributed by atoms with Gasteiger partial charge in [0, 0.05) is 13.1 Å². The zero-order valence-corrected chi connectivity index (χ0v) is 15.1. The molecule has 1 amide bonds. The Morgan fingerprint density at radius 2 is 2.13 bits per heavy atom. The van der Waals surface area contributed by atoms with Crippen molar-refractivity contribution >= 4 is 38.4 Å². The summed E-state index contributed by atoms with van der Waals surface area (Å²) in [5.41, 5.74) is 0.365. The molecule has 2 aromatic rings. The number of para-hydroxylation sites is 1. The molecule has 0 spiro atoms. The summed E-state index contributed by atoms with van der Waals surface area (Å²) in [4.78, 5) is 18.2. The monoisotopic (exact) mass is 352 g/mol. The number of amides is 1. The fourth-order valence-corrected chi connectivity index (χ4v) is 5.29. The lowest BCUT2D eigenvalue weighted by atomic mass is 10.2. The van der Waals surface area contributed by atoms with Gasteiger partial charge in [-0.15, -0.1) is 11.3 Å². The lowest BCUT2D eigenvalue weighted by Gasteiger charge is -2.24. The van der Waals surface area contributed by atoms with E-state index in [-0.39, 0.29) is 11.3 Å². The molecule has 1 aliphatic rings. The number of fused-ring (bicyclic) bond motifs is 1. The molecule has 0 aliphatic carbocycles. The minimum atomic E-state index is -1.19. The Morgan fingerprint density at radius 1 is 1.39 bits per heavy atom. The molecule has 1 saturated heterocycles. The molecule has 1 aliphatic heterocycles. The number of thiazole rings is 1. The van der Waals surface area contributed by atoms with Crippen LogP contribution in [0.5, 0.6) is 0 Å². The van der Waals surface area contributed by atoms with Crippen LogP contribution in [0.15, 0.2) is 28.6 Å². The Bertz CT molecular complexity index is 718. The molecule has 1 aromatic carbocycles. The van der Waals surface area contributed by atoms with Gasteiger partial charge in [-0.2, -0.15) is 0 Å². The van der Waals surface area contributed by atoms with Crippen LogP contribution in [0.2, 0.25) is 0 Å². The number of rotatable bonds is 2. The van der Waals surface area contributed by atoms with Crippen LogP contribution in [-0.4, -0.2) is 44.1 Å². The van der Waals surface area contributed by atoms with Gasteiger partial charge in [0.1, 0.15) is 5.60 Å². The van der Waals surface area contributed by atoms with Gasteiger partial charge in [-0.25, -0.2) is 9.78 Å². The number of nitrogens with zero attached hydrogens (tertiary/aromatic N) is 2. The second-order valence-corrected chi connectivity index (χ2v) is 9.52. The first-order chi connectivity index (χ1) is 10.8. The second kappa shape index (κ2) is 6.20. The van der Waals surface area contributed by atoms with Crippen molar-refractivity contribution in [2.45, 2.75) is 42.4 Å². The Labute approximate surface area is 142 Å². The van der Waals surface area contributed by atoms with Crippen molar-refractivity contribution in [3.8, 4) is 0 Å². The van der Waals surface area contributed by atoms with Crippen LogP contribution in [0.1, 0.15) is 27.2 Å². The summed E-state index contributed by atoms with van der Waals surface area (Å²) in [7, 11) is -1.19. The maximum Gasteiger partial charge on any atom is 0.410 e. The van der Waals surface area contributed by atoms with Gasteiger partial charge in [0.05, 0.1) is 26.3 Å². The maximum atomic E-state index is 12.8. The molecule has 0 radical (unpaired) electrons. The van der Waals surface area contributed by atoms with Gasteiger partial charge in [0.25, 0.3) is 0 Å². The molecule has 2 heterocycles. The van der Waals surface area contributed by atoms with E-state index in [0.717, 1.165) is 10.2 Å². The molecule has 0 N–H and O–H groups in total. The molecular weight excluding hydrogens is 332 g/mol. The Kier molecular flexibility index (Phi) is 4.42. The summed E-state index contributed by atoms with van der Waals surface area (Å²) < 4.78 is 19.8. The molecule has 2 atom stereocenters. The van der Waals surface area contributed by atoms with E-state index in [1.54, 1.807) is 4.90 Å². The number of ether oxygens (including phenoxy) is 1. The van der Waals surface area contributed by atoms with E-state index in [0.29, 0.717) is 23.8 Å². The first kappa shape index (κ1) is 16.4. The van der Waals surface area contributed by atoms with Crippen LogP contribution in [0, 0.1) is 0 Å². The summed E-state index contributed by atoms with van der Waals surface area (Å²) in [6, 6.07) is 7.78. The number of carbonyl (C=O) groups excluding carboxylic acids is 1. The highest BCUT2D eigenvalue weighted by molar-refractivity contribution is 7.88. The van der Waals surface area contributed by atoms with Crippen LogP contribution >= 0.6 is 11.3 Å². The van der Waals surface area contributed by atoms with E-state index in [1.807, 2.05) is 45.0 Å². The third kappa shape index (κ3) is 3.72. The highest BCUT2D eigenvalue weighted by Crippen LogP contribution is 2.28. The fourth-order valence-electron chi connectivity index (χ4n) is 2.47. The van der Waals surface area contributed by atoms with Gasteiger partial charge in [0.2, 0.25) is 0 Å². The minimum Gasteiger partial charge on any atom is -0.444 e. The second-order valence-electron chi connectivity index (χ2n) is 6.58. The van der Waals surface area contributed by atoms with Gasteiger partial charge in [-0.3, -0.25) is 4.21 Å². The van der Waals surface area contributed by atoms with Crippen LogP contribution in [0.25, 0.3) is 10.2 Å². The van der Waals surface area contributed by atoms with Crippen molar-refractivity contribution in [2.24, 2.45) is 0 Å². The SMILES string of the molecule is CC(C)(C)OC(=O)N1CC[C@@H]([S@](=O)c2nc3ccccc3s2)C1. The number of benzene rings is 1. The van der Waals surface area contributed by atoms with Gasteiger partial charge >= 0.3 is 6.09 Å². The third-order valence-corrected chi connectivity index (χ3v) is 6.55. The van der Waals surface area contributed by atoms with Crippen molar-refractivity contribution in [3.63, 3.8) is 0 Å². The first-order valence-corrected chi connectivity index (χ1v) is 9.60. The van der Waals surface area contributed by atoms with Crippen molar-refractivity contribution < 1.29 is 13.7 Å². The van der Waals surface area contributed by atoms with E-state index in [2.05, 4.69) is 4.98 Å². The van der Waals surface area contributed by atoms with Crippen molar-refractivity contribution in [1.82, 2.24) is 9.88 Å². The van der Waals surface area contributed by atoms with Gasteiger partial charge in [0.15, 0.2) is 4.34 Å². The first-order valence-electron chi connectivity index (χ1n) is 7.57. The van der Waals surface area contributed by atoms with Crippen LogP contribution in [0.3, 0.4) is 0 Å². The van der Waals surface area contributed by atoms with Gasteiger partial charge < -0.3 is 9.64 Å². The molecule has 1 fully saturated rings. The quantitative estimate of drug-likeness (QED) is 0.831. The van der Waals surface area contributed by atoms with E-state index < -0.39 is 16.4 Å². The highest BCUT2D eigenvalue weighted by Gasteiger charge is 2.34. The zero-order valence-electron chi connectivity index (χ0n) is 13.4. The number of carbonyl (C=O) groups is 1. The zero-order chi connectivity index (χ0) is 16.6. The molecule has 0 bridgehead atoms.